The second-order valence-corrected chi connectivity index (χ2v) is 6.55. The van der Waals surface area contributed by atoms with E-state index in [9.17, 15) is 9.50 Å². The number of rotatable bonds is 5. The number of thiazole rings is 1. The monoisotopic (exact) mass is 355 g/mol. The van der Waals surface area contributed by atoms with Crippen molar-refractivity contribution in [2.24, 2.45) is 0 Å². The summed E-state index contributed by atoms with van der Waals surface area (Å²) in [6.45, 7) is 2.33. The minimum Gasteiger partial charge on any atom is -0.392 e. The number of aliphatic hydroxyl groups is 1. The normalized spacial score (nSPS) is 19.5. The molecule has 1 aliphatic heterocycles. The molecule has 0 unspecified atom stereocenters. The molecule has 4 nitrogen and oxygen atoms in total. The Bertz CT molecular complexity index is 624. The number of nitrogens with one attached hydrogen (secondary N) is 1. The Kier molecular flexibility index (Phi) is 6.55. The van der Waals surface area contributed by atoms with Gasteiger partial charge in [0, 0.05) is 42.8 Å². The molecule has 0 saturated carbocycles. The molecule has 2 aromatic rings. The molecule has 126 valence electrons. The van der Waals surface area contributed by atoms with Crippen molar-refractivity contribution in [2.45, 2.75) is 18.6 Å². The van der Waals surface area contributed by atoms with Crippen LogP contribution in [0.2, 0.25) is 0 Å². The van der Waals surface area contributed by atoms with Crippen molar-refractivity contribution in [1.29, 1.82) is 0 Å². The molecular weight excluding hydrogens is 333 g/mol. The molecule has 1 aromatic heterocycles. The first kappa shape index (κ1) is 18.4. The number of aromatic nitrogens is 1. The number of β-amino-alcohol motifs (C(OH)–C–C–N with tert-alkyl or cyclic N) is 1. The molecule has 2 heterocycles. The number of hydrogen-bond acceptors (Lipinski definition) is 5. The Morgan fingerprint density at radius 1 is 1.48 bits per heavy atom. The fraction of sp³-hybridized carbons (Fsp3) is 0.438. The van der Waals surface area contributed by atoms with E-state index >= 15 is 0 Å². The Hall–Kier alpha value is -0.990. The van der Waals surface area contributed by atoms with E-state index < -0.39 is 0 Å². The first-order valence-corrected chi connectivity index (χ1v) is 8.31. The van der Waals surface area contributed by atoms with E-state index in [-0.39, 0.29) is 31.5 Å². The molecule has 0 spiro atoms. The number of likely N-dealkylation sites (N-methyl/N-ethyl adjacent to an activating group) is 1. The number of benzene rings is 1. The molecular formula is C16H22FN3OS2. The van der Waals surface area contributed by atoms with Crippen molar-refractivity contribution < 1.29 is 9.50 Å². The van der Waals surface area contributed by atoms with Gasteiger partial charge in [0.25, 0.3) is 0 Å². The van der Waals surface area contributed by atoms with Crippen molar-refractivity contribution in [3.63, 3.8) is 0 Å². The highest BCUT2D eigenvalue weighted by Gasteiger charge is 2.23. The van der Waals surface area contributed by atoms with Crippen molar-refractivity contribution in [3.05, 3.63) is 41.2 Å². The Labute approximate surface area is 146 Å². The summed E-state index contributed by atoms with van der Waals surface area (Å²) in [5, 5.41) is 15.6. The molecule has 0 radical (unpaired) electrons. The molecule has 0 amide bonds. The highest BCUT2D eigenvalue weighted by molar-refractivity contribution is 7.59. The van der Waals surface area contributed by atoms with Gasteiger partial charge in [-0.25, -0.2) is 9.37 Å². The van der Waals surface area contributed by atoms with Crippen molar-refractivity contribution >= 4 is 24.8 Å². The quantitative estimate of drug-likeness (QED) is 0.865. The van der Waals surface area contributed by atoms with Gasteiger partial charge < -0.3 is 10.4 Å². The van der Waals surface area contributed by atoms with Crippen LogP contribution in [0.25, 0.3) is 10.6 Å². The molecule has 1 saturated heterocycles. The standard InChI is InChI=1S/C16H20FN3OS.H2S/c1-18-15(10-20-4-2-14(21)9-20)11-6-12(8-13(17)7-11)16-19-3-5-22-16;/h3,5-8,14-15,18,21H,2,4,9-10H2,1H3;1H2/t14-,15+;/m0./s1. The maximum atomic E-state index is 14.0. The molecule has 1 fully saturated rings. The lowest BCUT2D eigenvalue weighted by molar-refractivity contribution is 0.173. The minimum absolute atomic E-state index is 0. The van der Waals surface area contributed by atoms with Crippen LogP contribution < -0.4 is 5.32 Å². The smallest absolute Gasteiger partial charge is 0.124 e. The van der Waals surface area contributed by atoms with Gasteiger partial charge in [0.2, 0.25) is 0 Å². The highest BCUT2D eigenvalue weighted by Crippen LogP contribution is 2.27. The Morgan fingerprint density at radius 2 is 2.30 bits per heavy atom. The lowest BCUT2D eigenvalue weighted by Gasteiger charge is -2.24. The largest absolute Gasteiger partial charge is 0.392 e. The van der Waals surface area contributed by atoms with Gasteiger partial charge in [0.05, 0.1) is 6.10 Å². The van der Waals surface area contributed by atoms with Crippen LogP contribution in [0.1, 0.15) is 18.0 Å². The second kappa shape index (κ2) is 8.21. The number of likely N-dealkylation sites (tertiary alicyclic amines) is 1. The molecule has 23 heavy (non-hydrogen) atoms. The molecule has 1 aromatic carbocycles. The van der Waals surface area contributed by atoms with Gasteiger partial charge in [-0.05, 0) is 37.2 Å². The summed E-state index contributed by atoms with van der Waals surface area (Å²) in [5.41, 5.74) is 1.72. The molecule has 2 N–H and O–H groups in total. The van der Waals surface area contributed by atoms with E-state index in [0.717, 1.165) is 35.6 Å². The second-order valence-electron chi connectivity index (χ2n) is 5.65. The zero-order valence-corrected chi connectivity index (χ0v) is 14.8. The lowest BCUT2D eigenvalue weighted by atomic mass is 10.0. The van der Waals surface area contributed by atoms with E-state index in [1.165, 1.54) is 17.4 Å². The summed E-state index contributed by atoms with van der Waals surface area (Å²) in [6, 6.07) is 5.12. The van der Waals surface area contributed by atoms with E-state index in [2.05, 4.69) is 15.2 Å². The van der Waals surface area contributed by atoms with Crippen molar-refractivity contribution in [3.8, 4) is 10.6 Å². The third-order valence-electron chi connectivity index (χ3n) is 4.04. The van der Waals surface area contributed by atoms with E-state index in [0.29, 0.717) is 6.54 Å². The minimum atomic E-state index is -0.246. The van der Waals surface area contributed by atoms with Crippen LogP contribution >= 0.6 is 24.8 Å². The van der Waals surface area contributed by atoms with E-state index in [4.69, 9.17) is 0 Å². The van der Waals surface area contributed by atoms with Crippen molar-refractivity contribution in [1.82, 2.24) is 15.2 Å². The van der Waals surface area contributed by atoms with E-state index in [1.807, 2.05) is 18.5 Å². The summed E-state index contributed by atoms with van der Waals surface area (Å²) < 4.78 is 14.0. The van der Waals surface area contributed by atoms with Crippen LogP contribution in [0.15, 0.2) is 29.8 Å². The Morgan fingerprint density at radius 3 is 2.91 bits per heavy atom. The van der Waals surface area contributed by atoms with Crippen LogP contribution in [-0.4, -0.2) is 47.8 Å². The molecule has 7 heteroatoms. The van der Waals surface area contributed by atoms with Gasteiger partial charge in [-0.15, -0.1) is 11.3 Å². The number of nitrogens with zero attached hydrogens (tertiary/aromatic N) is 2. The zero-order chi connectivity index (χ0) is 15.5. The number of aliphatic hydroxyl groups excluding tert-OH is 1. The lowest BCUT2D eigenvalue weighted by Crippen LogP contribution is -2.33. The van der Waals surface area contributed by atoms with Crippen LogP contribution in [0.3, 0.4) is 0 Å². The van der Waals surface area contributed by atoms with Gasteiger partial charge in [-0.2, -0.15) is 13.5 Å². The summed E-state index contributed by atoms with van der Waals surface area (Å²) in [4.78, 5) is 6.46. The summed E-state index contributed by atoms with van der Waals surface area (Å²) >= 11 is 1.50. The third-order valence-corrected chi connectivity index (χ3v) is 4.86. The molecule has 0 bridgehead atoms. The maximum absolute atomic E-state index is 14.0. The fourth-order valence-electron chi connectivity index (χ4n) is 2.90. The summed E-state index contributed by atoms with van der Waals surface area (Å²) in [5.74, 6) is -0.246. The summed E-state index contributed by atoms with van der Waals surface area (Å²) in [6.07, 6.45) is 2.30. The Balaban J connectivity index is 0.00000192. The first-order chi connectivity index (χ1) is 10.7. The molecule has 3 rings (SSSR count). The van der Waals surface area contributed by atoms with Gasteiger partial charge in [-0.3, -0.25) is 4.90 Å². The van der Waals surface area contributed by atoms with Crippen LogP contribution in [0.5, 0.6) is 0 Å². The topological polar surface area (TPSA) is 48.4 Å². The SMILES string of the molecule is CN[C@H](CN1CC[C@H](O)C1)c1cc(F)cc(-c2nccs2)c1.S. The number of hydrogen-bond donors (Lipinski definition) is 2. The van der Waals surface area contributed by atoms with Gasteiger partial charge >= 0.3 is 0 Å². The van der Waals surface area contributed by atoms with Crippen molar-refractivity contribution in [2.75, 3.05) is 26.7 Å². The predicted octanol–water partition coefficient (Wildman–Crippen LogP) is 2.39. The predicted molar refractivity (Wildman–Crippen MR) is 96.8 cm³/mol. The van der Waals surface area contributed by atoms with Gasteiger partial charge in [-0.1, -0.05) is 0 Å². The van der Waals surface area contributed by atoms with Gasteiger partial charge in [0.15, 0.2) is 0 Å². The molecule has 2 atom stereocenters. The fourth-order valence-corrected chi connectivity index (χ4v) is 3.53. The first-order valence-electron chi connectivity index (χ1n) is 7.43. The van der Waals surface area contributed by atoms with Crippen LogP contribution in [0, 0.1) is 5.82 Å². The van der Waals surface area contributed by atoms with Crippen LogP contribution in [0.4, 0.5) is 4.39 Å². The summed E-state index contributed by atoms with van der Waals surface area (Å²) in [7, 11) is 1.88. The average molecular weight is 356 g/mol. The molecule has 0 aliphatic carbocycles. The van der Waals surface area contributed by atoms with Gasteiger partial charge in [0.1, 0.15) is 10.8 Å². The third kappa shape index (κ3) is 4.51. The van der Waals surface area contributed by atoms with E-state index in [1.54, 1.807) is 12.3 Å². The zero-order valence-electron chi connectivity index (χ0n) is 13.0. The maximum Gasteiger partial charge on any atom is 0.124 e. The highest BCUT2D eigenvalue weighted by atomic mass is 32.1. The van der Waals surface area contributed by atoms with Crippen LogP contribution in [-0.2, 0) is 0 Å². The number of halogens is 1. The molecule has 1 aliphatic rings. The average Bonchev–Trinajstić information content (AvgIpc) is 3.15.